The molecule has 3 aromatic rings. The van der Waals surface area contributed by atoms with Gasteiger partial charge in [-0.05, 0) is 58.4 Å². The van der Waals surface area contributed by atoms with Crippen LogP contribution in [-0.2, 0) is 0 Å². The fourth-order valence-corrected chi connectivity index (χ4v) is 2.53. The second-order valence-corrected chi connectivity index (χ2v) is 5.82. The first-order valence-electron chi connectivity index (χ1n) is 7.17. The predicted molar refractivity (Wildman–Crippen MR) is 96.0 cm³/mol. The number of hydrogen-bond acceptors (Lipinski definition) is 3. The zero-order valence-electron chi connectivity index (χ0n) is 12.5. The normalized spacial score (nSPS) is 10.2. The monoisotopic (exact) mass is 385 g/mol. The molecule has 2 aromatic carbocycles. The van der Waals surface area contributed by atoms with Gasteiger partial charge in [0.2, 0.25) is 0 Å². The highest BCUT2D eigenvalue weighted by molar-refractivity contribution is 9.10. The van der Waals surface area contributed by atoms with Gasteiger partial charge in [-0.3, -0.25) is 4.79 Å². The van der Waals surface area contributed by atoms with Gasteiger partial charge in [-0.15, -0.1) is 0 Å². The minimum atomic E-state index is -0.366. The summed E-state index contributed by atoms with van der Waals surface area (Å²) in [6.45, 7) is 0. The molecular formula is C18H13BrFN3O. The van der Waals surface area contributed by atoms with E-state index in [1.54, 1.807) is 36.5 Å². The van der Waals surface area contributed by atoms with Crippen LogP contribution < -0.4 is 10.6 Å². The minimum absolute atomic E-state index is 0.311. The third-order valence-electron chi connectivity index (χ3n) is 3.26. The molecule has 1 amide bonds. The molecule has 3 rings (SSSR count). The Balaban J connectivity index is 1.86. The Hall–Kier alpha value is -2.73. The van der Waals surface area contributed by atoms with Gasteiger partial charge in [0.15, 0.2) is 0 Å². The van der Waals surface area contributed by atoms with Crippen molar-refractivity contribution in [2.24, 2.45) is 0 Å². The van der Waals surface area contributed by atoms with E-state index in [9.17, 15) is 9.18 Å². The number of nitrogens with zero attached hydrogens (tertiary/aromatic N) is 1. The van der Waals surface area contributed by atoms with Gasteiger partial charge in [0.25, 0.3) is 5.91 Å². The number of hydrogen-bond donors (Lipinski definition) is 2. The van der Waals surface area contributed by atoms with Gasteiger partial charge in [0.05, 0.1) is 11.3 Å². The maximum absolute atomic E-state index is 13.3. The van der Waals surface area contributed by atoms with Crippen LogP contribution in [0.5, 0.6) is 0 Å². The summed E-state index contributed by atoms with van der Waals surface area (Å²) in [5.41, 5.74) is 1.53. The van der Waals surface area contributed by atoms with E-state index in [1.807, 2.05) is 18.2 Å². The second kappa shape index (κ2) is 7.23. The van der Waals surface area contributed by atoms with Gasteiger partial charge in [-0.25, -0.2) is 9.37 Å². The van der Waals surface area contributed by atoms with Crippen LogP contribution in [0.15, 0.2) is 71.3 Å². The molecule has 0 aliphatic rings. The Labute approximate surface area is 146 Å². The van der Waals surface area contributed by atoms with Gasteiger partial charge >= 0.3 is 0 Å². The number of halogens is 2. The number of aromatic nitrogens is 1. The molecule has 6 heteroatoms. The standard InChI is InChI=1S/C18H13BrFN3O/c19-15-8-1-2-9-16(15)23-18(24)14-7-4-10-21-17(14)22-13-6-3-5-12(20)11-13/h1-11H,(H,21,22)(H,23,24). The van der Waals surface area contributed by atoms with Crippen LogP contribution in [0.25, 0.3) is 0 Å². The van der Waals surface area contributed by atoms with Crippen LogP contribution >= 0.6 is 15.9 Å². The van der Waals surface area contributed by atoms with Crippen LogP contribution in [0.2, 0.25) is 0 Å². The van der Waals surface area contributed by atoms with Crippen LogP contribution in [0.3, 0.4) is 0 Å². The molecule has 2 N–H and O–H groups in total. The average Bonchev–Trinajstić information content (AvgIpc) is 2.57. The lowest BCUT2D eigenvalue weighted by Gasteiger charge is -2.12. The average molecular weight is 386 g/mol. The highest BCUT2D eigenvalue weighted by atomic mass is 79.9. The molecule has 24 heavy (non-hydrogen) atoms. The van der Waals surface area contributed by atoms with Crippen molar-refractivity contribution in [3.63, 3.8) is 0 Å². The summed E-state index contributed by atoms with van der Waals surface area (Å²) in [6, 6.07) is 16.6. The van der Waals surface area contributed by atoms with Gasteiger partial charge in [0, 0.05) is 16.4 Å². The van der Waals surface area contributed by atoms with Gasteiger partial charge < -0.3 is 10.6 Å². The van der Waals surface area contributed by atoms with Crippen molar-refractivity contribution >= 4 is 39.0 Å². The topological polar surface area (TPSA) is 54.0 Å². The van der Waals surface area contributed by atoms with Crippen molar-refractivity contribution in [3.05, 3.63) is 82.7 Å². The van der Waals surface area contributed by atoms with E-state index in [0.29, 0.717) is 22.8 Å². The summed E-state index contributed by atoms with van der Waals surface area (Å²) in [6.07, 6.45) is 1.57. The van der Waals surface area contributed by atoms with Crippen molar-refractivity contribution in [1.82, 2.24) is 4.98 Å². The number of para-hydroxylation sites is 1. The highest BCUT2D eigenvalue weighted by Gasteiger charge is 2.14. The van der Waals surface area contributed by atoms with Crippen molar-refractivity contribution in [2.75, 3.05) is 10.6 Å². The number of anilines is 3. The van der Waals surface area contributed by atoms with Crippen molar-refractivity contribution in [3.8, 4) is 0 Å². The van der Waals surface area contributed by atoms with Crippen molar-refractivity contribution in [1.29, 1.82) is 0 Å². The second-order valence-electron chi connectivity index (χ2n) is 4.97. The third kappa shape index (κ3) is 3.78. The van der Waals surface area contributed by atoms with Crippen LogP contribution in [0.1, 0.15) is 10.4 Å². The Morgan fingerprint density at radius 3 is 2.67 bits per heavy atom. The largest absolute Gasteiger partial charge is 0.339 e. The van der Waals surface area contributed by atoms with E-state index in [1.165, 1.54) is 12.1 Å². The lowest BCUT2D eigenvalue weighted by molar-refractivity contribution is 0.102. The molecule has 0 fully saturated rings. The Morgan fingerprint density at radius 2 is 1.88 bits per heavy atom. The molecule has 0 unspecified atom stereocenters. The van der Waals surface area contributed by atoms with E-state index in [2.05, 4.69) is 31.5 Å². The van der Waals surface area contributed by atoms with Crippen LogP contribution in [-0.4, -0.2) is 10.9 Å². The van der Waals surface area contributed by atoms with Crippen molar-refractivity contribution < 1.29 is 9.18 Å². The Morgan fingerprint density at radius 1 is 1.04 bits per heavy atom. The lowest BCUT2D eigenvalue weighted by Crippen LogP contribution is -2.15. The highest BCUT2D eigenvalue weighted by Crippen LogP contribution is 2.24. The molecule has 4 nitrogen and oxygen atoms in total. The lowest BCUT2D eigenvalue weighted by atomic mass is 10.2. The number of pyridine rings is 1. The zero-order chi connectivity index (χ0) is 16.9. The fraction of sp³-hybridized carbons (Fsp3) is 0. The molecule has 0 spiro atoms. The number of amides is 1. The van der Waals surface area contributed by atoms with Gasteiger partial charge in [0.1, 0.15) is 11.6 Å². The first-order chi connectivity index (χ1) is 11.6. The molecular weight excluding hydrogens is 373 g/mol. The molecule has 1 aromatic heterocycles. The summed E-state index contributed by atoms with van der Waals surface area (Å²) in [5.74, 6) is -0.322. The number of nitrogens with one attached hydrogen (secondary N) is 2. The number of rotatable bonds is 4. The van der Waals surface area contributed by atoms with Gasteiger partial charge in [-0.1, -0.05) is 18.2 Å². The van der Waals surface area contributed by atoms with Crippen LogP contribution in [0, 0.1) is 5.82 Å². The predicted octanol–water partition coefficient (Wildman–Crippen LogP) is 4.98. The molecule has 0 saturated carbocycles. The minimum Gasteiger partial charge on any atom is -0.339 e. The summed E-state index contributed by atoms with van der Waals surface area (Å²) in [7, 11) is 0. The molecule has 0 atom stereocenters. The summed E-state index contributed by atoms with van der Waals surface area (Å²) in [4.78, 5) is 16.7. The smallest absolute Gasteiger partial charge is 0.259 e. The molecule has 0 radical (unpaired) electrons. The summed E-state index contributed by atoms with van der Waals surface area (Å²) >= 11 is 3.39. The van der Waals surface area contributed by atoms with E-state index in [-0.39, 0.29) is 11.7 Å². The van der Waals surface area contributed by atoms with E-state index in [0.717, 1.165) is 4.47 Å². The number of carbonyl (C=O) groups is 1. The molecule has 120 valence electrons. The first kappa shape index (κ1) is 16.1. The molecule has 0 aliphatic carbocycles. The maximum atomic E-state index is 13.3. The third-order valence-corrected chi connectivity index (χ3v) is 3.95. The molecule has 0 aliphatic heterocycles. The van der Waals surface area contributed by atoms with Crippen molar-refractivity contribution in [2.45, 2.75) is 0 Å². The Kier molecular flexibility index (Phi) is 4.86. The SMILES string of the molecule is O=C(Nc1ccccc1Br)c1cccnc1Nc1cccc(F)c1. The van der Waals surface area contributed by atoms with E-state index in [4.69, 9.17) is 0 Å². The fourth-order valence-electron chi connectivity index (χ4n) is 2.14. The number of benzene rings is 2. The number of carbonyl (C=O) groups excluding carboxylic acids is 1. The van der Waals surface area contributed by atoms with E-state index >= 15 is 0 Å². The van der Waals surface area contributed by atoms with E-state index < -0.39 is 0 Å². The summed E-state index contributed by atoms with van der Waals surface area (Å²) in [5, 5.41) is 5.80. The first-order valence-corrected chi connectivity index (χ1v) is 7.96. The summed E-state index contributed by atoms with van der Waals surface area (Å²) < 4.78 is 14.1. The Bertz CT molecular complexity index is 885. The van der Waals surface area contributed by atoms with Gasteiger partial charge in [-0.2, -0.15) is 0 Å². The quantitative estimate of drug-likeness (QED) is 0.665. The molecule has 0 saturated heterocycles. The van der Waals surface area contributed by atoms with Crippen LogP contribution in [0.4, 0.5) is 21.6 Å². The molecule has 1 heterocycles. The molecule has 0 bridgehead atoms. The zero-order valence-corrected chi connectivity index (χ0v) is 14.0. The maximum Gasteiger partial charge on any atom is 0.259 e.